The molecule has 27 rings (SSSR count). The molecule has 9 aromatic heterocycles. The Morgan fingerprint density at radius 2 is 0.511 bits per heavy atom. The number of pyridine rings is 4. The molecule has 0 unspecified atom stereocenters. The Bertz CT molecular complexity index is 8450. The van der Waals surface area contributed by atoms with E-state index >= 15 is 0 Å². The summed E-state index contributed by atoms with van der Waals surface area (Å²) >= 11 is -0.385. The Labute approximate surface area is 819 Å². The van der Waals surface area contributed by atoms with Crippen LogP contribution in [0.1, 0.15) is 101 Å². The van der Waals surface area contributed by atoms with Crippen LogP contribution in [0.4, 0.5) is 88.0 Å². The van der Waals surface area contributed by atoms with Crippen LogP contribution in [0.15, 0.2) is 393 Å². The minimum atomic E-state index is -0.195. The van der Waals surface area contributed by atoms with Crippen molar-refractivity contribution in [3.05, 3.63) is 455 Å². The third kappa shape index (κ3) is 14.7. The van der Waals surface area contributed by atoms with Gasteiger partial charge in [0.1, 0.15) is 0 Å². The summed E-state index contributed by atoms with van der Waals surface area (Å²) in [6.07, 6.45) is 14.4. The molecule has 20 aromatic rings. The summed E-state index contributed by atoms with van der Waals surface area (Å²) < 4.78 is 10.6. The van der Waals surface area contributed by atoms with Gasteiger partial charge in [-0.05, 0) is 0 Å². The molecule has 12 heterocycles. The van der Waals surface area contributed by atoms with Crippen molar-refractivity contribution in [2.45, 2.75) is 0 Å². The van der Waals surface area contributed by atoms with E-state index in [2.05, 4.69) is 160 Å². The van der Waals surface area contributed by atoms with Gasteiger partial charge in [-0.15, -0.1) is 0 Å². The first-order chi connectivity index (χ1) is 68.1. The molecule has 23 heteroatoms. The van der Waals surface area contributed by atoms with Crippen LogP contribution >= 0.6 is 0 Å². The van der Waals surface area contributed by atoms with Crippen LogP contribution in [-0.2, 0) is 0 Å². The first-order valence-corrected chi connectivity index (χ1v) is 51.6. The molecule has 662 valence electrons. The van der Waals surface area contributed by atoms with Gasteiger partial charge in [0.25, 0.3) is 0 Å². The third-order valence-corrected chi connectivity index (χ3v) is 34.2. The average molecular weight is 2060 g/mol. The van der Waals surface area contributed by atoms with E-state index in [9.17, 15) is 38.4 Å². The number of carbonyl (C=O) groups excluding carboxylic acids is 8. The molecule has 0 atom stereocenters. The summed E-state index contributed by atoms with van der Waals surface area (Å²) in [4.78, 5) is 136. The van der Waals surface area contributed by atoms with Crippen molar-refractivity contribution in [3.8, 4) is 4.56 Å². The number of benzene rings is 11. The van der Waals surface area contributed by atoms with Crippen molar-refractivity contribution in [1.82, 2.24) is 24.5 Å². The number of fused-ring (bicyclic) bond motifs is 15. The number of Topliss-reactive ketones (excluding diaryl/α,β-unsaturated/α-hetero) is 8. The molecule has 3 aliphatic heterocycles. The zero-order valence-electron chi connectivity index (χ0n) is 73.8. The van der Waals surface area contributed by atoms with Gasteiger partial charge in [-0.3, -0.25) is 0 Å². The Balaban J connectivity index is 0.000000101. The molecule has 0 bridgehead atoms. The van der Waals surface area contributed by atoms with Crippen LogP contribution in [0, 0.1) is 0 Å². The summed E-state index contributed by atoms with van der Waals surface area (Å²) in [6, 6.07) is 113. The number of ketones is 8. The maximum atomic E-state index is 13.2. The first kappa shape index (κ1) is 85.4. The topological polar surface area (TPSA) is 212 Å². The van der Waals surface area contributed by atoms with Crippen molar-refractivity contribution in [2.24, 2.45) is 0 Å². The second-order valence-corrected chi connectivity index (χ2v) is 42.9. The average Bonchev–Trinajstić information content (AvgIpc) is 1.73. The third-order valence-electron chi connectivity index (χ3n) is 25.7. The Morgan fingerprint density at radius 1 is 0.230 bits per heavy atom. The van der Waals surface area contributed by atoms with Crippen molar-refractivity contribution >= 4 is 260 Å². The number of carbonyl (C=O) groups is 8. The fourth-order valence-corrected chi connectivity index (χ4v) is 27.3. The summed E-state index contributed by atoms with van der Waals surface area (Å²) in [5.41, 5.74) is 17.6. The van der Waals surface area contributed by atoms with Crippen molar-refractivity contribution in [2.75, 3.05) is 43.5 Å². The summed E-state index contributed by atoms with van der Waals surface area (Å²) in [5, 5.41) is 6.15. The minimum absolute atomic E-state index is 0.0701. The molecule has 7 aliphatic rings. The molecule has 11 aromatic carbocycles. The molecule has 0 N–H and O–H groups in total. The predicted molar refractivity (Wildman–Crippen MR) is 555 cm³/mol. The molecule has 0 saturated heterocycles. The van der Waals surface area contributed by atoms with Gasteiger partial charge in [0, 0.05) is 0 Å². The second kappa shape index (κ2) is 35.0. The normalized spacial score (nSPS) is 13.9. The number of allylic oxidation sites excluding steroid dienone is 4. The molecule has 0 amide bonds. The van der Waals surface area contributed by atoms with Crippen molar-refractivity contribution < 1.29 is 38.4 Å². The van der Waals surface area contributed by atoms with Gasteiger partial charge in [-0.1, -0.05) is 0 Å². The summed E-state index contributed by atoms with van der Waals surface area (Å²) in [7, 11) is 4.10. The van der Waals surface area contributed by atoms with Crippen LogP contribution in [0.3, 0.4) is 0 Å². The summed E-state index contributed by atoms with van der Waals surface area (Å²) in [5.74, 6) is 1.08. The van der Waals surface area contributed by atoms with Crippen LogP contribution in [-0.4, -0.2) is 143 Å². The fraction of sp³-hybridized carbons (Fsp3) is 0.0172. The monoisotopic (exact) mass is 2070 g/mol. The molecular weight excluding hydrogens is 1990 g/mol. The Hall–Kier alpha value is -16.5. The molecular formula is C116H71N11O8Se4. The number of nitrogens with zero attached hydrogens (tertiary/aromatic N) is 11. The molecule has 0 saturated carbocycles. The zero-order valence-corrected chi connectivity index (χ0v) is 80.7. The van der Waals surface area contributed by atoms with E-state index in [4.69, 9.17) is 9.97 Å². The van der Waals surface area contributed by atoms with Gasteiger partial charge in [0.05, 0.1) is 0 Å². The van der Waals surface area contributed by atoms with Crippen LogP contribution in [0.25, 0.3) is 72.3 Å². The second-order valence-electron chi connectivity index (χ2n) is 33.7. The number of hydrogen-bond donors (Lipinski definition) is 0. The van der Waals surface area contributed by atoms with E-state index in [0.717, 1.165) is 154 Å². The predicted octanol–water partition coefficient (Wildman–Crippen LogP) is 24.2. The van der Waals surface area contributed by atoms with Gasteiger partial charge in [0.2, 0.25) is 0 Å². The number of anilines is 16. The van der Waals surface area contributed by atoms with Gasteiger partial charge in [0.15, 0.2) is 0 Å². The SMILES string of the molecule is CN1c2ccccc2N(c2ccc(C=C3C(=O)c4cc5ccccc5cc4C3=O)[se]2)c2ncccc21.CN1c2ccccc2N(c2ccc(C=C3C(=O)c4ccccc4C3=O)[se]2)c2ncccc21.O=C1C(=Cc2ccc(-n3c4ccccc4c4cccnc43)[se]2)C(=O)c2cc3ccccc3cc21.O=C1C(=Cc2ccc(N3c4ccccc4N(c4ccccc4)c4cccnc43)[se]2)C(=O)c2ccccc21. The van der Waals surface area contributed by atoms with E-state index in [-0.39, 0.29) is 127 Å². The first-order valence-electron chi connectivity index (χ1n) is 44.7. The Morgan fingerprint density at radius 3 is 0.914 bits per heavy atom. The molecule has 0 fully saturated rings. The molecule has 4 aliphatic carbocycles. The van der Waals surface area contributed by atoms with E-state index in [0.29, 0.717) is 44.5 Å². The van der Waals surface area contributed by atoms with Crippen molar-refractivity contribution in [3.63, 3.8) is 0 Å². The molecule has 139 heavy (non-hydrogen) atoms. The van der Waals surface area contributed by atoms with Gasteiger partial charge < -0.3 is 0 Å². The molecule has 0 radical (unpaired) electrons. The number of hydrogen-bond acceptors (Lipinski definition) is 18. The van der Waals surface area contributed by atoms with Crippen LogP contribution in [0.5, 0.6) is 0 Å². The maximum absolute atomic E-state index is 13.2. The van der Waals surface area contributed by atoms with Crippen molar-refractivity contribution in [1.29, 1.82) is 0 Å². The van der Waals surface area contributed by atoms with Gasteiger partial charge in [-0.25, -0.2) is 0 Å². The number of para-hydroxylation sites is 8. The summed E-state index contributed by atoms with van der Waals surface area (Å²) in [6.45, 7) is 0. The quantitative estimate of drug-likeness (QED) is 0.0746. The Kier molecular flexibility index (Phi) is 21.5. The van der Waals surface area contributed by atoms with E-state index in [1.165, 1.54) is 0 Å². The number of rotatable bonds is 9. The molecule has 19 nitrogen and oxygen atoms in total. The van der Waals surface area contributed by atoms with Gasteiger partial charge >= 0.3 is 826 Å². The molecule has 0 spiro atoms. The van der Waals surface area contributed by atoms with Gasteiger partial charge in [-0.2, -0.15) is 0 Å². The number of aromatic nitrogens is 5. The standard InChI is InChI=1S/C31H19N3O2Se.C30H19N3O2Se.C29H16N2O2Se.C26H17N3O2Se/c35-29-22-11-4-5-12-23(22)30(36)24(29)19-21-16-17-28(37-21)34-26-14-7-6-13-25(26)33(20-9-2-1-3-10-20)27-15-8-18-32-31(27)34;1-32-24-9-4-5-10-25(24)33(30-26(32)11-6-14-31-30)27-13-12-20(36-27)17-23-28(34)21-15-18-7-2-3-8-19(18)16-22(21)29(23)35;32-27-22-14-17-6-1-2-7-18(17)15-23(22)28(33)24(27)16-19-11-12-26(34-19)31-25-10-4-3-8-20(25)21-9-5-13-30-29(21)31;1-28-20-9-4-5-10-21(20)29(26-22(28)11-6-14-27-26)23-13-12-16(32-23)15-19-24(30)17-7-2-3-8-18(17)25(19)31/h1-19H;2-17H,1H3;1-16H;2-15H,1H3. The van der Waals surface area contributed by atoms with E-state index in [1.807, 2.05) is 214 Å². The van der Waals surface area contributed by atoms with E-state index in [1.54, 1.807) is 79.0 Å². The zero-order chi connectivity index (χ0) is 94.0. The van der Waals surface area contributed by atoms with Crippen LogP contribution in [0.2, 0.25) is 0 Å². The van der Waals surface area contributed by atoms with Crippen LogP contribution < -0.4 is 29.4 Å². The fourth-order valence-electron chi connectivity index (χ4n) is 19.2. The van der Waals surface area contributed by atoms with E-state index < -0.39 is 0 Å².